The van der Waals surface area contributed by atoms with Gasteiger partial charge in [0.15, 0.2) is 17.5 Å². The van der Waals surface area contributed by atoms with Gasteiger partial charge in [-0.3, -0.25) is 19.2 Å². The molecule has 0 radical (unpaired) electrons. The zero-order chi connectivity index (χ0) is 16.7. The topological polar surface area (TPSA) is 101 Å². The summed E-state index contributed by atoms with van der Waals surface area (Å²) in [5.74, 6) is -4.90. The van der Waals surface area contributed by atoms with Gasteiger partial charge in [0.05, 0.1) is 5.41 Å². The molecule has 2 N–H and O–H groups in total. The van der Waals surface area contributed by atoms with Gasteiger partial charge in [0.25, 0.3) is 0 Å². The minimum atomic E-state index is -1.54. The summed E-state index contributed by atoms with van der Waals surface area (Å²) >= 11 is 5.92. The summed E-state index contributed by atoms with van der Waals surface area (Å²) < 4.78 is 0. The van der Waals surface area contributed by atoms with Crippen molar-refractivity contribution in [2.45, 2.75) is 19.3 Å². The van der Waals surface area contributed by atoms with Gasteiger partial charge in [0, 0.05) is 10.6 Å². The van der Waals surface area contributed by atoms with Crippen LogP contribution in [-0.4, -0.2) is 35.1 Å². The molecular weight excluding hydrogens is 310 g/mol. The number of aliphatic carboxylic acids is 1. The standard InChI is InChI=1S/C15H14ClNO5/c1-15(2)9-5-7(16)3-4-8(9)12(20)11(13(15)21)14(22)17-6-10(18)19/h3-5,11H,6H2,1-2H3,(H,17,22)(H,18,19). The molecule has 2 rings (SSSR count). The van der Waals surface area contributed by atoms with Crippen molar-refractivity contribution in [2.75, 3.05) is 6.54 Å². The lowest BCUT2D eigenvalue weighted by Crippen LogP contribution is -2.51. The number of fused-ring (bicyclic) bond motifs is 1. The van der Waals surface area contributed by atoms with Crippen LogP contribution >= 0.6 is 11.6 Å². The fourth-order valence-electron chi connectivity index (χ4n) is 2.52. The van der Waals surface area contributed by atoms with Crippen molar-refractivity contribution in [2.24, 2.45) is 5.92 Å². The van der Waals surface area contributed by atoms with E-state index in [1.165, 1.54) is 18.2 Å². The number of carboxylic acid groups (broad SMARTS) is 1. The first-order chi connectivity index (χ1) is 10.2. The number of halogens is 1. The Balaban J connectivity index is 2.46. The number of amides is 1. The number of hydrogen-bond acceptors (Lipinski definition) is 4. The van der Waals surface area contributed by atoms with E-state index < -0.39 is 41.3 Å². The lowest BCUT2D eigenvalue weighted by atomic mass is 9.66. The predicted octanol–water partition coefficient (Wildman–Crippen LogP) is 1.20. The van der Waals surface area contributed by atoms with Crippen LogP contribution in [0.1, 0.15) is 29.8 Å². The molecule has 1 atom stereocenters. The van der Waals surface area contributed by atoms with E-state index in [1.807, 2.05) is 0 Å². The number of carbonyl (C=O) groups excluding carboxylic acids is 3. The van der Waals surface area contributed by atoms with Gasteiger partial charge in [-0.05, 0) is 37.6 Å². The summed E-state index contributed by atoms with van der Waals surface area (Å²) in [5.41, 5.74) is -0.346. The summed E-state index contributed by atoms with van der Waals surface area (Å²) in [6.07, 6.45) is 0. The zero-order valence-electron chi connectivity index (χ0n) is 12.0. The van der Waals surface area contributed by atoms with Gasteiger partial charge in [-0.25, -0.2) is 0 Å². The molecule has 0 aromatic heterocycles. The maximum Gasteiger partial charge on any atom is 0.322 e. The van der Waals surface area contributed by atoms with Crippen molar-refractivity contribution < 1.29 is 24.3 Å². The fraction of sp³-hybridized carbons (Fsp3) is 0.333. The van der Waals surface area contributed by atoms with Crippen molar-refractivity contribution in [3.63, 3.8) is 0 Å². The third-order valence-electron chi connectivity index (χ3n) is 3.74. The Morgan fingerprint density at radius 3 is 2.55 bits per heavy atom. The molecule has 0 heterocycles. The van der Waals surface area contributed by atoms with Gasteiger partial charge >= 0.3 is 5.97 Å². The molecule has 6 nitrogen and oxygen atoms in total. The SMILES string of the molecule is CC1(C)C(=O)C(C(=O)NCC(=O)O)C(=O)c2ccc(Cl)cc21. The number of rotatable bonds is 3. The molecule has 1 aromatic carbocycles. The van der Waals surface area contributed by atoms with E-state index in [4.69, 9.17) is 16.7 Å². The fourth-order valence-corrected chi connectivity index (χ4v) is 2.69. The maximum atomic E-state index is 12.5. The highest BCUT2D eigenvalue weighted by atomic mass is 35.5. The van der Waals surface area contributed by atoms with E-state index in [0.717, 1.165) is 0 Å². The molecule has 116 valence electrons. The molecule has 1 unspecified atom stereocenters. The molecule has 0 saturated heterocycles. The van der Waals surface area contributed by atoms with Gasteiger partial charge in [-0.1, -0.05) is 11.6 Å². The number of nitrogens with one attached hydrogen (secondary N) is 1. The first-order valence-corrected chi connectivity index (χ1v) is 6.92. The van der Waals surface area contributed by atoms with Gasteiger partial charge in [-0.2, -0.15) is 0 Å². The Labute approximate surface area is 131 Å². The monoisotopic (exact) mass is 323 g/mol. The zero-order valence-corrected chi connectivity index (χ0v) is 12.7. The number of ketones is 2. The maximum absolute atomic E-state index is 12.5. The predicted molar refractivity (Wildman–Crippen MR) is 78.0 cm³/mol. The molecule has 0 aliphatic heterocycles. The second-order valence-electron chi connectivity index (χ2n) is 5.59. The second-order valence-corrected chi connectivity index (χ2v) is 6.02. The van der Waals surface area contributed by atoms with Crippen LogP contribution < -0.4 is 5.32 Å². The number of Topliss-reactive ketones (excluding diaryl/α,β-unsaturated/α-hetero) is 2. The minimum Gasteiger partial charge on any atom is -0.480 e. The van der Waals surface area contributed by atoms with Gasteiger partial charge in [0.1, 0.15) is 6.54 Å². The molecule has 0 fully saturated rings. The first-order valence-electron chi connectivity index (χ1n) is 6.54. The average molecular weight is 324 g/mol. The van der Waals surface area contributed by atoms with Gasteiger partial charge in [0.2, 0.25) is 5.91 Å². The highest BCUT2D eigenvalue weighted by molar-refractivity contribution is 6.32. The van der Waals surface area contributed by atoms with Crippen molar-refractivity contribution in [1.82, 2.24) is 5.32 Å². The van der Waals surface area contributed by atoms with Crippen molar-refractivity contribution in [3.8, 4) is 0 Å². The third kappa shape index (κ3) is 2.62. The molecule has 1 aliphatic carbocycles. The first kappa shape index (κ1) is 16.2. The second kappa shape index (κ2) is 5.53. The Kier molecular flexibility index (Phi) is 4.06. The van der Waals surface area contributed by atoms with Crippen LogP contribution in [0.3, 0.4) is 0 Å². The molecule has 1 aliphatic rings. The van der Waals surface area contributed by atoms with Crippen LogP contribution in [0, 0.1) is 5.92 Å². The normalized spacial score (nSPS) is 19.5. The van der Waals surface area contributed by atoms with E-state index >= 15 is 0 Å². The van der Waals surface area contributed by atoms with Crippen molar-refractivity contribution >= 4 is 35.0 Å². The lowest BCUT2D eigenvalue weighted by molar-refractivity contribution is -0.140. The summed E-state index contributed by atoms with van der Waals surface area (Å²) in [7, 11) is 0. The van der Waals surface area contributed by atoms with E-state index in [-0.39, 0.29) is 5.56 Å². The van der Waals surface area contributed by atoms with E-state index in [1.54, 1.807) is 13.8 Å². The van der Waals surface area contributed by atoms with Gasteiger partial charge in [-0.15, -0.1) is 0 Å². The number of carbonyl (C=O) groups is 4. The number of hydrogen-bond donors (Lipinski definition) is 2. The van der Waals surface area contributed by atoms with E-state index in [9.17, 15) is 19.2 Å². The largest absolute Gasteiger partial charge is 0.480 e. The van der Waals surface area contributed by atoms with Crippen molar-refractivity contribution in [3.05, 3.63) is 34.3 Å². The quantitative estimate of drug-likeness (QED) is 0.814. The van der Waals surface area contributed by atoms with E-state index in [0.29, 0.717) is 10.6 Å². The molecule has 1 amide bonds. The molecule has 1 aromatic rings. The molecule has 0 bridgehead atoms. The Hall–Kier alpha value is -2.21. The summed E-state index contributed by atoms with van der Waals surface area (Å²) in [5, 5.41) is 11.1. The van der Waals surface area contributed by atoms with Crippen molar-refractivity contribution in [1.29, 1.82) is 0 Å². The Bertz CT molecular complexity index is 695. The Morgan fingerprint density at radius 1 is 1.32 bits per heavy atom. The van der Waals surface area contributed by atoms with Crippen LogP contribution in [0.4, 0.5) is 0 Å². The summed E-state index contributed by atoms with van der Waals surface area (Å²) in [6, 6.07) is 4.53. The van der Waals surface area contributed by atoms with Gasteiger partial charge < -0.3 is 10.4 Å². The average Bonchev–Trinajstić information content (AvgIpc) is 2.43. The third-order valence-corrected chi connectivity index (χ3v) is 3.97. The number of carboxylic acids is 1. The lowest BCUT2D eigenvalue weighted by Gasteiger charge is -2.34. The summed E-state index contributed by atoms with van der Waals surface area (Å²) in [6.45, 7) is 2.56. The molecule has 0 spiro atoms. The molecule has 7 heteroatoms. The highest BCUT2D eigenvalue weighted by Crippen LogP contribution is 2.38. The highest BCUT2D eigenvalue weighted by Gasteiger charge is 2.49. The van der Waals surface area contributed by atoms with Crippen LogP contribution in [0.25, 0.3) is 0 Å². The molecule has 0 saturated carbocycles. The molecular formula is C15H14ClNO5. The number of benzene rings is 1. The van der Waals surface area contributed by atoms with E-state index in [2.05, 4.69) is 5.32 Å². The van der Waals surface area contributed by atoms with Crippen LogP contribution in [0.15, 0.2) is 18.2 Å². The minimum absolute atomic E-state index is 0.254. The van der Waals surface area contributed by atoms with Crippen LogP contribution in [-0.2, 0) is 19.8 Å². The Morgan fingerprint density at radius 2 is 1.95 bits per heavy atom. The smallest absolute Gasteiger partial charge is 0.322 e. The molecule has 22 heavy (non-hydrogen) atoms. The van der Waals surface area contributed by atoms with Crippen LogP contribution in [0.5, 0.6) is 0 Å². The van der Waals surface area contributed by atoms with Crippen LogP contribution in [0.2, 0.25) is 5.02 Å². The summed E-state index contributed by atoms with van der Waals surface area (Å²) in [4.78, 5) is 47.5.